The van der Waals surface area contributed by atoms with Crippen molar-refractivity contribution >= 4 is 0 Å². The van der Waals surface area contributed by atoms with E-state index >= 15 is 0 Å². The summed E-state index contributed by atoms with van der Waals surface area (Å²) in [7, 11) is 4.63. The second-order valence-corrected chi connectivity index (χ2v) is 5.66. The van der Waals surface area contributed by atoms with E-state index in [4.69, 9.17) is 14.2 Å². The van der Waals surface area contributed by atoms with E-state index in [1.807, 2.05) is 0 Å². The van der Waals surface area contributed by atoms with Crippen molar-refractivity contribution in [3.63, 3.8) is 0 Å². The maximum absolute atomic E-state index is 10.7. The largest absolute Gasteiger partial charge is 0.507 e. The van der Waals surface area contributed by atoms with E-state index < -0.39 is 0 Å². The first-order valence-corrected chi connectivity index (χ1v) is 8.00. The Morgan fingerprint density at radius 1 is 0.654 bits per heavy atom. The zero-order valence-electron chi connectivity index (χ0n) is 14.8. The molecule has 0 aliphatic rings. The number of phenols is 2. The van der Waals surface area contributed by atoms with E-state index in [1.54, 1.807) is 62.8 Å². The molecule has 0 radical (unpaired) electrons. The lowest BCUT2D eigenvalue weighted by Gasteiger charge is -2.16. The third-order valence-corrected chi connectivity index (χ3v) is 4.22. The highest BCUT2D eigenvalue weighted by Crippen LogP contribution is 2.49. The summed E-state index contributed by atoms with van der Waals surface area (Å²) in [6, 6.07) is 15.9. The molecule has 3 rings (SSSR count). The summed E-state index contributed by atoms with van der Waals surface area (Å²) in [5.74, 6) is 1.59. The summed E-state index contributed by atoms with van der Waals surface area (Å²) in [4.78, 5) is 0. The van der Waals surface area contributed by atoms with E-state index in [2.05, 4.69) is 0 Å². The molecule has 2 N–H and O–H groups in total. The van der Waals surface area contributed by atoms with Crippen LogP contribution in [0.2, 0.25) is 0 Å². The fraction of sp³-hybridized carbons (Fsp3) is 0.143. The van der Waals surface area contributed by atoms with Crippen molar-refractivity contribution in [3.05, 3.63) is 54.6 Å². The third kappa shape index (κ3) is 3.11. The molecule has 5 nitrogen and oxygen atoms in total. The van der Waals surface area contributed by atoms with Crippen molar-refractivity contribution in [1.29, 1.82) is 0 Å². The van der Waals surface area contributed by atoms with E-state index in [9.17, 15) is 10.2 Å². The minimum atomic E-state index is -0.0405. The second-order valence-electron chi connectivity index (χ2n) is 5.66. The van der Waals surface area contributed by atoms with Crippen LogP contribution in [0.25, 0.3) is 22.3 Å². The molecule has 3 aromatic carbocycles. The highest BCUT2D eigenvalue weighted by molar-refractivity contribution is 5.87. The molecule has 0 atom stereocenters. The SMILES string of the molecule is COc1ccc(-c2cc(O)c(-c3ccc(OC)cc3)c(OC)c2O)cc1. The average molecular weight is 352 g/mol. The summed E-state index contributed by atoms with van der Waals surface area (Å²) >= 11 is 0. The smallest absolute Gasteiger partial charge is 0.172 e. The van der Waals surface area contributed by atoms with Crippen molar-refractivity contribution in [2.24, 2.45) is 0 Å². The standard InChI is InChI=1S/C21H20O5/c1-24-15-8-4-13(5-9-15)17-12-18(22)19(21(26-3)20(17)23)14-6-10-16(25-2)11-7-14/h4-12,22-23H,1-3H3. The molecule has 0 fully saturated rings. The molecule has 0 saturated carbocycles. The zero-order valence-corrected chi connectivity index (χ0v) is 14.8. The average Bonchev–Trinajstić information content (AvgIpc) is 2.69. The fourth-order valence-electron chi connectivity index (χ4n) is 2.86. The first-order chi connectivity index (χ1) is 12.6. The molecule has 5 heteroatoms. The number of benzene rings is 3. The number of ether oxygens (including phenoxy) is 3. The normalized spacial score (nSPS) is 10.4. The maximum Gasteiger partial charge on any atom is 0.172 e. The van der Waals surface area contributed by atoms with E-state index in [1.165, 1.54) is 13.2 Å². The minimum Gasteiger partial charge on any atom is -0.507 e. The number of aromatic hydroxyl groups is 2. The van der Waals surface area contributed by atoms with E-state index in [-0.39, 0.29) is 17.2 Å². The van der Waals surface area contributed by atoms with Crippen LogP contribution in [0.4, 0.5) is 0 Å². The molecule has 0 bridgehead atoms. The van der Waals surface area contributed by atoms with Crippen LogP contribution in [-0.2, 0) is 0 Å². The van der Waals surface area contributed by atoms with Gasteiger partial charge >= 0.3 is 0 Å². The fourth-order valence-corrected chi connectivity index (χ4v) is 2.86. The van der Waals surface area contributed by atoms with Gasteiger partial charge in [0.2, 0.25) is 0 Å². The number of rotatable bonds is 5. The van der Waals surface area contributed by atoms with Crippen LogP contribution in [0.3, 0.4) is 0 Å². The zero-order chi connectivity index (χ0) is 18.7. The van der Waals surface area contributed by atoms with Crippen LogP contribution in [0.5, 0.6) is 28.7 Å². The Kier molecular flexibility index (Phi) is 4.89. The lowest BCUT2D eigenvalue weighted by Crippen LogP contribution is -1.93. The van der Waals surface area contributed by atoms with Crippen LogP contribution in [-0.4, -0.2) is 31.5 Å². The molecule has 0 saturated heterocycles. The van der Waals surface area contributed by atoms with Crippen molar-refractivity contribution < 1.29 is 24.4 Å². The highest BCUT2D eigenvalue weighted by Gasteiger charge is 2.20. The van der Waals surface area contributed by atoms with Gasteiger partial charge < -0.3 is 24.4 Å². The van der Waals surface area contributed by atoms with Crippen LogP contribution < -0.4 is 14.2 Å². The number of phenolic OH excluding ortho intramolecular Hbond substituents is 2. The van der Waals surface area contributed by atoms with Crippen LogP contribution in [0, 0.1) is 0 Å². The van der Waals surface area contributed by atoms with E-state index in [0.717, 1.165) is 5.56 Å². The summed E-state index contributed by atoms with van der Waals surface area (Å²) in [6.07, 6.45) is 0. The van der Waals surface area contributed by atoms with Crippen molar-refractivity contribution in [3.8, 4) is 51.0 Å². The summed E-state index contributed by atoms with van der Waals surface area (Å²) in [5, 5.41) is 21.4. The van der Waals surface area contributed by atoms with Crippen molar-refractivity contribution in [2.45, 2.75) is 0 Å². The first-order valence-electron chi connectivity index (χ1n) is 8.00. The summed E-state index contributed by atoms with van der Waals surface area (Å²) < 4.78 is 15.7. The van der Waals surface area contributed by atoms with Gasteiger partial charge in [-0.3, -0.25) is 0 Å². The Morgan fingerprint density at radius 3 is 1.62 bits per heavy atom. The predicted molar refractivity (Wildman–Crippen MR) is 100 cm³/mol. The topological polar surface area (TPSA) is 68.2 Å². The Hall–Kier alpha value is -3.34. The number of hydrogen-bond acceptors (Lipinski definition) is 5. The predicted octanol–water partition coefficient (Wildman–Crippen LogP) is 4.46. The molecular formula is C21H20O5. The molecule has 0 amide bonds. The lowest BCUT2D eigenvalue weighted by molar-refractivity contribution is 0.371. The molecule has 0 heterocycles. The van der Waals surface area contributed by atoms with Gasteiger partial charge in [-0.25, -0.2) is 0 Å². The van der Waals surface area contributed by atoms with Gasteiger partial charge in [0.25, 0.3) is 0 Å². The second kappa shape index (κ2) is 7.27. The Bertz CT molecular complexity index is 899. The van der Waals surface area contributed by atoms with Gasteiger partial charge in [-0.1, -0.05) is 24.3 Å². The third-order valence-electron chi connectivity index (χ3n) is 4.22. The van der Waals surface area contributed by atoms with Gasteiger partial charge in [0.15, 0.2) is 11.5 Å². The Morgan fingerprint density at radius 2 is 1.15 bits per heavy atom. The number of hydrogen-bond donors (Lipinski definition) is 2. The van der Waals surface area contributed by atoms with Crippen molar-refractivity contribution in [1.82, 2.24) is 0 Å². The molecule has 0 aromatic heterocycles. The highest BCUT2D eigenvalue weighted by atomic mass is 16.5. The molecule has 0 aliphatic heterocycles. The number of methoxy groups -OCH3 is 3. The van der Waals surface area contributed by atoms with Gasteiger partial charge in [-0.2, -0.15) is 0 Å². The molecule has 26 heavy (non-hydrogen) atoms. The summed E-state index contributed by atoms with van der Waals surface area (Å²) in [5.41, 5.74) is 2.33. The van der Waals surface area contributed by atoms with Crippen molar-refractivity contribution in [2.75, 3.05) is 21.3 Å². The Balaban J connectivity index is 2.14. The molecule has 134 valence electrons. The van der Waals surface area contributed by atoms with Gasteiger partial charge in [0, 0.05) is 5.56 Å². The monoisotopic (exact) mass is 352 g/mol. The van der Waals surface area contributed by atoms with Crippen LogP contribution in [0.15, 0.2) is 54.6 Å². The van der Waals surface area contributed by atoms with Gasteiger partial charge in [0.1, 0.15) is 17.2 Å². The molecule has 3 aromatic rings. The Labute approximate surface area is 152 Å². The van der Waals surface area contributed by atoms with Crippen LogP contribution >= 0.6 is 0 Å². The quantitative estimate of drug-likeness (QED) is 0.664. The van der Waals surface area contributed by atoms with E-state index in [0.29, 0.717) is 28.2 Å². The maximum atomic E-state index is 10.7. The van der Waals surface area contributed by atoms with Gasteiger partial charge in [-0.15, -0.1) is 0 Å². The summed E-state index contributed by atoms with van der Waals surface area (Å²) in [6.45, 7) is 0. The van der Waals surface area contributed by atoms with Gasteiger partial charge in [-0.05, 0) is 41.5 Å². The molecule has 0 aliphatic carbocycles. The molecule has 0 unspecified atom stereocenters. The van der Waals surface area contributed by atoms with Crippen LogP contribution in [0.1, 0.15) is 0 Å². The van der Waals surface area contributed by atoms with Gasteiger partial charge in [0.05, 0.1) is 26.9 Å². The lowest BCUT2D eigenvalue weighted by atomic mass is 9.96. The first kappa shape index (κ1) is 17.5. The minimum absolute atomic E-state index is 0.00985. The molecule has 0 spiro atoms. The molecular weight excluding hydrogens is 332 g/mol.